The molecule has 0 N–H and O–H groups in total. The first-order chi connectivity index (χ1) is 5.77. The highest BCUT2D eigenvalue weighted by Crippen LogP contribution is 2.42. The van der Waals surface area contributed by atoms with Crippen molar-refractivity contribution in [1.82, 2.24) is 5.06 Å². The minimum atomic E-state index is -0.123. The van der Waals surface area contributed by atoms with E-state index in [0.29, 0.717) is 18.6 Å². The number of morpholine rings is 1. The first-order valence-electron chi connectivity index (χ1n) is 4.39. The van der Waals surface area contributed by atoms with E-state index in [9.17, 15) is 4.79 Å². The Bertz CT molecular complexity index is 242. The molecule has 2 unspecified atom stereocenters. The van der Waals surface area contributed by atoms with Gasteiger partial charge >= 0.3 is 5.97 Å². The SMILES string of the molecule is CC1C2C[C@H]3COC(=O)[C@H]1N3O2. The maximum atomic E-state index is 11.3. The number of piperidine rings is 1. The van der Waals surface area contributed by atoms with Crippen LogP contribution in [-0.4, -0.2) is 35.8 Å². The van der Waals surface area contributed by atoms with E-state index in [2.05, 4.69) is 6.92 Å². The van der Waals surface area contributed by atoms with Crippen LogP contribution in [0, 0.1) is 5.92 Å². The van der Waals surface area contributed by atoms with Crippen LogP contribution in [0.1, 0.15) is 13.3 Å². The Hall–Kier alpha value is -0.610. The average molecular weight is 169 g/mol. The smallest absolute Gasteiger partial charge is 0.326 e. The van der Waals surface area contributed by atoms with Gasteiger partial charge in [0, 0.05) is 5.92 Å². The molecule has 3 aliphatic rings. The third-order valence-corrected chi connectivity index (χ3v) is 3.14. The molecule has 4 heteroatoms. The van der Waals surface area contributed by atoms with E-state index in [1.165, 1.54) is 0 Å². The van der Waals surface area contributed by atoms with E-state index in [1.807, 2.05) is 5.06 Å². The summed E-state index contributed by atoms with van der Waals surface area (Å²) < 4.78 is 5.05. The number of carbonyl (C=O) groups excluding carboxylic acids is 1. The second kappa shape index (κ2) is 2.00. The Balaban J connectivity index is 1.98. The Kier molecular flexibility index (Phi) is 1.14. The first kappa shape index (κ1) is 6.86. The van der Waals surface area contributed by atoms with Crippen molar-refractivity contribution in [3.05, 3.63) is 0 Å². The summed E-state index contributed by atoms with van der Waals surface area (Å²) in [6, 6.07) is 0.205. The molecule has 3 fully saturated rings. The van der Waals surface area contributed by atoms with E-state index in [0.717, 1.165) is 6.42 Å². The number of hydrogen-bond acceptors (Lipinski definition) is 4. The number of nitrogens with zero attached hydrogens (tertiary/aromatic N) is 1. The van der Waals surface area contributed by atoms with Gasteiger partial charge in [0.2, 0.25) is 0 Å². The van der Waals surface area contributed by atoms with Crippen LogP contribution in [0.4, 0.5) is 0 Å². The van der Waals surface area contributed by atoms with Crippen LogP contribution in [0.2, 0.25) is 0 Å². The van der Waals surface area contributed by atoms with Crippen molar-refractivity contribution in [2.75, 3.05) is 6.61 Å². The van der Waals surface area contributed by atoms with Gasteiger partial charge < -0.3 is 4.74 Å². The number of esters is 1. The number of hydrogen-bond donors (Lipinski definition) is 0. The van der Waals surface area contributed by atoms with Crippen LogP contribution in [0.25, 0.3) is 0 Å². The Morgan fingerprint density at radius 1 is 1.58 bits per heavy atom. The molecule has 3 saturated heterocycles. The molecule has 0 spiro atoms. The second-order valence-corrected chi connectivity index (χ2v) is 3.83. The van der Waals surface area contributed by atoms with Crippen LogP contribution in [0.3, 0.4) is 0 Å². The molecule has 3 aliphatic heterocycles. The van der Waals surface area contributed by atoms with Crippen molar-refractivity contribution < 1.29 is 14.4 Å². The molecule has 2 bridgehead atoms. The summed E-state index contributed by atoms with van der Waals surface area (Å²) in [5, 5.41) is 1.85. The van der Waals surface area contributed by atoms with Gasteiger partial charge in [-0.15, -0.1) is 0 Å². The second-order valence-electron chi connectivity index (χ2n) is 3.83. The van der Waals surface area contributed by atoms with E-state index in [1.54, 1.807) is 0 Å². The highest BCUT2D eigenvalue weighted by Gasteiger charge is 2.57. The third kappa shape index (κ3) is 0.630. The molecule has 0 aromatic carbocycles. The van der Waals surface area contributed by atoms with Crippen LogP contribution < -0.4 is 0 Å². The standard InChI is InChI=1S/C8H11NO3/c1-4-6-2-5-3-11-8(10)7(4)9(5)12-6/h4-7H,2-3H2,1H3/t4?,5-,6?,7-/m0/s1. The van der Waals surface area contributed by atoms with Crippen molar-refractivity contribution in [1.29, 1.82) is 0 Å². The largest absolute Gasteiger partial charge is 0.463 e. The molecular weight excluding hydrogens is 158 g/mol. The number of hydroxylamine groups is 2. The summed E-state index contributed by atoms with van der Waals surface area (Å²) >= 11 is 0. The van der Waals surface area contributed by atoms with Crippen LogP contribution in [0.5, 0.6) is 0 Å². The van der Waals surface area contributed by atoms with Crippen LogP contribution >= 0.6 is 0 Å². The maximum Gasteiger partial charge on any atom is 0.326 e. The Morgan fingerprint density at radius 2 is 2.42 bits per heavy atom. The number of carbonyl (C=O) groups is 1. The van der Waals surface area contributed by atoms with Crippen molar-refractivity contribution in [3.8, 4) is 0 Å². The lowest BCUT2D eigenvalue weighted by Crippen LogP contribution is -2.54. The first-order valence-corrected chi connectivity index (χ1v) is 4.39. The predicted octanol–water partition coefficient (Wildman–Crippen LogP) is -0.0640. The zero-order chi connectivity index (χ0) is 8.29. The fourth-order valence-electron chi connectivity index (χ4n) is 2.42. The molecule has 0 aromatic heterocycles. The molecule has 0 aliphatic carbocycles. The highest BCUT2D eigenvalue weighted by molar-refractivity contribution is 5.77. The van der Waals surface area contributed by atoms with Crippen LogP contribution in [0.15, 0.2) is 0 Å². The summed E-state index contributed by atoms with van der Waals surface area (Å²) in [6.07, 6.45) is 1.28. The minimum absolute atomic E-state index is 0.110. The molecule has 12 heavy (non-hydrogen) atoms. The number of ether oxygens (including phenoxy) is 1. The monoisotopic (exact) mass is 169 g/mol. The van der Waals surface area contributed by atoms with Gasteiger partial charge in [-0.2, -0.15) is 5.06 Å². The van der Waals surface area contributed by atoms with Gasteiger partial charge in [-0.05, 0) is 6.42 Å². The number of cyclic esters (lactones) is 1. The van der Waals surface area contributed by atoms with Crippen LogP contribution in [-0.2, 0) is 14.4 Å². The quantitative estimate of drug-likeness (QED) is 0.476. The minimum Gasteiger partial charge on any atom is -0.463 e. The summed E-state index contributed by atoms with van der Waals surface area (Å²) in [4.78, 5) is 16.9. The summed E-state index contributed by atoms with van der Waals surface area (Å²) in [5.74, 6) is 0.190. The fourth-order valence-corrected chi connectivity index (χ4v) is 2.42. The van der Waals surface area contributed by atoms with E-state index >= 15 is 0 Å². The topological polar surface area (TPSA) is 38.8 Å². The number of rotatable bonds is 0. The van der Waals surface area contributed by atoms with Crippen molar-refractivity contribution in [2.45, 2.75) is 31.5 Å². The molecule has 0 saturated carbocycles. The van der Waals surface area contributed by atoms with Gasteiger partial charge in [0.1, 0.15) is 12.6 Å². The normalized spacial score (nSPS) is 51.2. The molecule has 4 nitrogen and oxygen atoms in total. The van der Waals surface area contributed by atoms with Gasteiger partial charge in [-0.25, -0.2) is 0 Å². The molecular formula is C8H11NO3. The molecule has 0 amide bonds. The molecule has 3 rings (SSSR count). The molecule has 0 radical (unpaired) electrons. The lowest BCUT2D eigenvalue weighted by Gasteiger charge is -2.35. The van der Waals surface area contributed by atoms with Crippen molar-refractivity contribution in [3.63, 3.8) is 0 Å². The summed E-state index contributed by atoms with van der Waals surface area (Å²) in [7, 11) is 0. The third-order valence-electron chi connectivity index (χ3n) is 3.14. The summed E-state index contributed by atoms with van der Waals surface area (Å²) in [5.41, 5.74) is 0. The average Bonchev–Trinajstić information content (AvgIpc) is 2.57. The van der Waals surface area contributed by atoms with E-state index < -0.39 is 0 Å². The Morgan fingerprint density at radius 3 is 3.08 bits per heavy atom. The highest BCUT2D eigenvalue weighted by atomic mass is 16.7. The summed E-state index contributed by atoms with van der Waals surface area (Å²) in [6.45, 7) is 2.57. The van der Waals surface area contributed by atoms with Gasteiger partial charge in [-0.3, -0.25) is 9.63 Å². The number of fused-ring (bicyclic) bond motifs is 1. The van der Waals surface area contributed by atoms with Gasteiger partial charge in [0.25, 0.3) is 0 Å². The lowest BCUT2D eigenvalue weighted by atomic mass is 9.87. The van der Waals surface area contributed by atoms with Crippen molar-refractivity contribution >= 4 is 5.97 Å². The zero-order valence-electron chi connectivity index (χ0n) is 6.90. The lowest BCUT2D eigenvalue weighted by molar-refractivity contribution is -0.195. The Labute approximate surface area is 70.4 Å². The van der Waals surface area contributed by atoms with E-state index in [-0.39, 0.29) is 18.1 Å². The van der Waals surface area contributed by atoms with Crippen molar-refractivity contribution in [2.24, 2.45) is 5.92 Å². The molecule has 66 valence electrons. The van der Waals surface area contributed by atoms with Gasteiger partial charge in [-0.1, -0.05) is 6.92 Å². The maximum absolute atomic E-state index is 11.3. The van der Waals surface area contributed by atoms with E-state index in [4.69, 9.17) is 9.57 Å². The molecule has 3 heterocycles. The van der Waals surface area contributed by atoms with Gasteiger partial charge in [0.05, 0.1) is 12.1 Å². The predicted molar refractivity (Wildman–Crippen MR) is 39.0 cm³/mol. The van der Waals surface area contributed by atoms with Gasteiger partial charge in [0.15, 0.2) is 0 Å². The fraction of sp³-hybridized carbons (Fsp3) is 0.875. The molecule has 4 atom stereocenters. The molecule has 0 aromatic rings. The zero-order valence-corrected chi connectivity index (χ0v) is 6.90.